The van der Waals surface area contributed by atoms with Crippen LogP contribution >= 0.6 is 0 Å². The van der Waals surface area contributed by atoms with Crippen molar-refractivity contribution >= 4 is 11.6 Å². The first-order chi connectivity index (χ1) is 15.0. The Hall–Kier alpha value is -2.27. The summed E-state index contributed by atoms with van der Waals surface area (Å²) in [6, 6.07) is 8.97. The van der Waals surface area contributed by atoms with Crippen LogP contribution in [0.5, 0.6) is 0 Å². The van der Waals surface area contributed by atoms with Gasteiger partial charge in [0.2, 0.25) is 5.91 Å². The summed E-state index contributed by atoms with van der Waals surface area (Å²) in [6.07, 6.45) is 9.86. The minimum absolute atomic E-state index is 0.00670. The van der Waals surface area contributed by atoms with Gasteiger partial charge in [-0.1, -0.05) is 17.7 Å². The molecule has 5 nitrogen and oxygen atoms in total. The Balaban J connectivity index is 1.46. The summed E-state index contributed by atoms with van der Waals surface area (Å²) >= 11 is 0. The number of piperazine rings is 1. The highest BCUT2D eigenvalue weighted by molar-refractivity contribution is 5.89. The Labute approximate surface area is 188 Å². The summed E-state index contributed by atoms with van der Waals surface area (Å²) in [5, 5.41) is 6.45. The molecule has 1 aromatic rings. The summed E-state index contributed by atoms with van der Waals surface area (Å²) < 4.78 is 0. The first kappa shape index (κ1) is 23.4. The largest absolute Gasteiger partial charge is 0.378 e. The number of amides is 1. The number of rotatable bonds is 7. The second kappa shape index (κ2) is 11.4. The van der Waals surface area contributed by atoms with Gasteiger partial charge in [0.25, 0.3) is 0 Å². The van der Waals surface area contributed by atoms with Gasteiger partial charge in [0.15, 0.2) is 0 Å². The summed E-state index contributed by atoms with van der Waals surface area (Å²) in [7, 11) is 4.16. The zero-order valence-electron chi connectivity index (χ0n) is 19.8. The van der Waals surface area contributed by atoms with Crippen molar-refractivity contribution in [1.82, 2.24) is 15.5 Å². The van der Waals surface area contributed by atoms with Crippen LogP contribution in [0.2, 0.25) is 0 Å². The van der Waals surface area contributed by atoms with Crippen molar-refractivity contribution in [2.75, 3.05) is 45.2 Å². The number of carbonyl (C=O) groups is 1. The van der Waals surface area contributed by atoms with Crippen molar-refractivity contribution in [2.45, 2.75) is 46.0 Å². The molecule has 3 rings (SSSR count). The van der Waals surface area contributed by atoms with Gasteiger partial charge in [0.05, 0.1) is 0 Å². The average Bonchev–Trinajstić information content (AvgIpc) is 2.79. The number of hydrogen-bond acceptors (Lipinski definition) is 4. The van der Waals surface area contributed by atoms with E-state index in [9.17, 15) is 4.79 Å². The molecule has 170 valence electrons. The molecule has 1 saturated heterocycles. The molecule has 1 saturated carbocycles. The molecular weight excluding hydrogens is 384 g/mol. The van der Waals surface area contributed by atoms with E-state index in [1.165, 1.54) is 48.9 Å². The number of nitrogens with one attached hydrogen (secondary N) is 2. The molecule has 1 aliphatic heterocycles. The molecule has 0 radical (unpaired) electrons. The molecule has 1 amide bonds. The molecule has 31 heavy (non-hydrogen) atoms. The average molecular weight is 425 g/mol. The monoisotopic (exact) mass is 424 g/mol. The van der Waals surface area contributed by atoms with E-state index in [-0.39, 0.29) is 5.91 Å². The Bertz CT molecular complexity index is 767. The Kier molecular flexibility index (Phi) is 8.59. The fourth-order valence-corrected chi connectivity index (χ4v) is 4.81. The van der Waals surface area contributed by atoms with Crippen LogP contribution in [0.15, 0.2) is 47.8 Å². The van der Waals surface area contributed by atoms with Crippen LogP contribution in [0.4, 0.5) is 5.69 Å². The van der Waals surface area contributed by atoms with Gasteiger partial charge in [0.1, 0.15) is 5.82 Å². The Morgan fingerprint density at radius 2 is 1.77 bits per heavy atom. The Morgan fingerprint density at radius 1 is 1.13 bits per heavy atom. The van der Waals surface area contributed by atoms with Crippen molar-refractivity contribution in [2.24, 2.45) is 11.8 Å². The number of hydrogen-bond donors (Lipinski definition) is 2. The van der Waals surface area contributed by atoms with E-state index in [1.807, 2.05) is 19.1 Å². The van der Waals surface area contributed by atoms with Crippen molar-refractivity contribution < 1.29 is 4.79 Å². The SMILES string of the molecule is C/C=C(\NC(=O)/C=C(\C)C1CCC(Cc2ccc(N(C)C)cc2)CC1)N1CCNCC1. The fraction of sp³-hybridized carbons (Fsp3) is 0.577. The fourth-order valence-electron chi connectivity index (χ4n) is 4.81. The van der Waals surface area contributed by atoms with Gasteiger partial charge in [0, 0.05) is 52.0 Å². The molecular formula is C26H40N4O. The minimum Gasteiger partial charge on any atom is -0.378 e. The molecule has 0 atom stereocenters. The van der Waals surface area contributed by atoms with Crippen molar-refractivity contribution in [1.29, 1.82) is 0 Å². The third kappa shape index (κ3) is 6.86. The van der Waals surface area contributed by atoms with Gasteiger partial charge in [-0.3, -0.25) is 4.79 Å². The van der Waals surface area contributed by atoms with E-state index in [4.69, 9.17) is 0 Å². The van der Waals surface area contributed by atoms with Crippen molar-refractivity contribution in [3.63, 3.8) is 0 Å². The number of allylic oxidation sites excluding steroid dienone is 2. The number of nitrogens with zero attached hydrogens (tertiary/aromatic N) is 2. The molecule has 2 N–H and O–H groups in total. The van der Waals surface area contributed by atoms with E-state index < -0.39 is 0 Å². The predicted molar refractivity (Wildman–Crippen MR) is 130 cm³/mol. The molecule has 0 unspecified atom stereocenters. The van der Waals surface area contributed by atoms with Gasteiger partial charge in [-0.2, -0.15) is 0 Å². The number of anilines is 1. The lowest BCUT2D eigenvalue weighted by atomic mass is 9.76. The standard InChI is InChI=1S/C26H40N4O/c1-5-25(30-16-14-27-15-17-30)28-26(31)18-20(2)23-10-6-21(7-11-23)19-22-8-12-24(13-9-22)29(3)4/h5,8-9,12-13,18,21,23,27H,6-7,10-11,14-17,19H2,1-4H3,(H,28,31)/b20-18+,25-5+. The molecule has 5 heteroatoms. The number of carbonyl (C=O) groups excluding carboxylic acids is 1. The second-order valence-electron chi connectivity index (χ2n) is 9.27. The normalized spacial score (nSPS) is 22.9. The van der Waals surface area contributed by atoms with Crippen LogP contribution in [0, 0.1) is 11.8 Å². The van der Waals surface area contributed by atoms with Crippen LogP contribution < -0.4 is 15.5 Å². The van der Waals surface area contributed by atoms with Crippen LogP contribution in [-0.2, 0) is 11.2 Å². The predicted octanol–water partition coefficient (Wildman–Crippen LogP) is 3.93. The molecule has 1 aliphatic carbocycles. The number of benzene rings is 1. The van der Waals surface area contributed by atoms with Crippen molar-refractivity contribution in [3.05, 3.63) is 53.4 Å². The maximum Gasteiger partial charge on any atom is 0.249 e. The van der Waals surface area contributed by atoms with Crippen molar-refractivity contribution in [3.8, 4) is 0 Å². The van der Waals surface area contributed by atoms with E-state index in [0.29, 0.717) is 5.92 Å². The maximum atomic E-state index is 12.6. The lowest BCUT2D eigenvalue weighted by Gasteiger charge is -2.31. The second-order valence-corrected chi connectivity index (χ2v) is 9.27. The first-order valence-electron chi connectivity index (χ1n) is 11.8. The van der Waals surface area contributed by atoms with Gasteiger partial charge in [-0.25, -0.2) is 0 Å². The van der Waals surface area contributed by atoms with E-state index in [2.05, 4.69) is 65.7 Å². The highest BCUT2D eigenvalue weighted by Crippen LogP contribution is 2.35. The van der Waals surface area contributed by atoms with Crippen LogP contribution in [0.1, 0.15) is 45.1 Å². The maximum absolute atomic E-state index is 12.6. The summed E-state index contributed by atoms with van der Waals surface area (Å²) in [5.41, 5.74) is 3.92. The van der Waals surface area contributed by atoms with Gasteiger partial charge in [-0.15, -0.1) is 0 Å². The molecule has 0 aromatic heterocycles. The zero-order valence-corrected chi connectivity index (χ0v) is 19.8. The molecule has 1 aromatic carbocycles. The Morgan fingerprint density at radius 3 is 2.35 bits per heavy atom. The summed E-state index contributed by atoms with van der Waals surface area (Å²) in [6.45, 7) is 7.92. The third-order valence-electron chi connectivity index (χ3n) is 6.81. The molecule has 0 spiro atoms. The minimum atomic E-state index is 0.00670. The van der Waals surface area contributed by atoms with E-state index in [0.717, 1.165) is 37.9 Å². The summed E-state index contributed by atoms with van der Waals surface area (Å²) in [4.78, 5) is 17.0. The van der Waals surface area contributed by atoms with Crippen LogP contribution in [-0.4, -0.2) is 51.1 Å². The zero-order chi connectivity index (χ0) is 22.2. The van der Waals surface area contributed by atoms with Gasteiger partial charge in [-0.05, 0) is 81.6 Å². The third-order valence-corrected chi connectivity index (χ3v) is 6.81. The smallest absolute Gasteiger partial charge is 0.249 e. The van der Waals surface area contributed by atoms with Gasteiger partial charge < -0.3 is 20.4 Å². The molecule has 2 aliphatic rings. The van der Waals surface area contributed by atoms with Crippen LogP contribution in [0.25, 0.3) is 0 Å². The highest BCUT2D eigenvalue weighted by atomic mass is 16.1. The topological polar surface area (TPSA) is 47.6 Å². The quantitative estimate of drug-likeness (QED) is 0.651. The van der Waals surface area contributed by atoms with E-state index in [1.54, 1.807) is 0 Å². The molecule has 2 fully saturated rings. The summed E-state index contributed by atoms with van der Waals surface area (Å²) in [5.74, 6) is 2.23. The van der Waals surface area contributed by atoms with Crippen LogP contribution in [0.3, 0.4) is 0 Å². The molecule has 1 heterocycles. The highest BCUT2D eigenvalue weighted by Gasteiger charge is 2.23. The first-order valence-corrected chi connectivity index (χ1v) is 11.8. The molecule has 0 bridgehead atoms. The van der Waals surface area contributed by atoms with E-state index >= 15 is 0 Å². The lowest BCUT2D eigenvalue weighted by Crippen LogP contribution is -2.46. The lowest BCUT2D eigenvalue weighted by molar-refractivity contribution is -0.116. The van der Waals surface area contributed by atoms with Gasteiger partial charge >= 0.3 is 0 Å².